The molecule has 3 aliphatic rings. The molecular weight excluding hydrogens is 616 g/mol. The predicted molar refractivity (Wildman–Crippen MR) is 176 cm³/mol. The molecule has 2 aliphatic heterocycles. The molecule has 0 aromatic heterocycles. The van der Waals surface area contributed by atoms with Crippen LogP contribution in [0.15, 0.2) is 53.4 Å². The standard InChI is InChI=1S/C33H44N4O6S.ClH/c1-44(41,42)30-11-5-4-10-28(30)37-21-16-27(29(38)24-37)34-32(40)33(17-6-2-7-18-33)35-31(39)25-12-14-26(15-13-25)43-23-22-36-19-8-3-9-20-36;/h4-5,10-15,27H,2-3,6-9,16-24H2,1H3,(H,34,40)(H,35,39);1H. The highest BCUT2D eigenvalue weighted by Gasteiger charge is 2.43. The molecule has 2 N–H and O–H groups in total. The van der Waals surface area contributed by atoms with Crippen molar-refractivity contribution in [2.24, 2.45) is 0 Å². The summed E-state index contributed by atoms with van der Waals surface area (Å²) in [4.78, 5) is 44.6. The number of rotatable bonds is 10. The molecule has 2 amide bonds. The van der Waals surface area contributed by atoms with E-state index in [0.717, 1.165) is 45.2 Å². The Hall–Kier alpha value is -3.15. The maximum absolute atomic E-state index is 13.7. The van der Waals surface area contributed by atoms with Gasteiger partial charge in [0, 0.05) is 24.9 Å². The molecule has 2 heterocycles. The Morgan fingerprint density at radius 1 is 0.933 bits per heavy atom. The smallest absolute Gasteiger partial charge is 0.252 e. The second kappa shape index (κ2) is 15.4. The normalized spacial score (nSPS) is 20.5. The van der Waals surface area contributed by atoms with Gasteiger partial charge in [-0.05, 0) is 81.6 Å². The predicted octanol–water partition coefficient (Wildman–Crippen LogP) is 3.77. The van der Waals surface area contributed by atoms with Gasteiger partial charge in [-0.1, -0.05) is 37.8 Å². The Morgan fingerprint density at radius 2 is 1.60 bits per heavy atom. The number of sulfone groups is 1. The van der Waals surface area contributed by atoms with E-state index in [-0.39, 0.29) is 41.4 Å². The number of piperidine rings is 2. The Balaban J connectivity index is 0.00000461. The summed E-state index contributed by atoms with van der Waals surface area (Å²) in [6, 6.07) is 12.9. The van der Waals surface area contributed by atoms with Crippen LogP contribution in [0.5, 0.6) is 5.75 Å². The van der Waals surface area contributed by atoms with E-state index in [1.165, 1.54) is 25.3 Å². The first-order chi connectivity index (χ1) is 21.1. The zero-order chi connectivity index (χ0) is 31.2. The number of para-hydroxylation sites is 1. The van der Waals surface area contributed by atoms with Gasteiger partial charge in [0.05, 0.1) is 23.2 Å². The highest BCUT2D eigenvalue weighted by atomic mass is 35.5. The maximum atomic E-state index is 13.7. The third-order valence-electron chi connectivity index (χ3n) is 9.07. The van der Waals surface area contributed by atoms with Crippen LogP contribution in [-0.4, -0.2) is 88.1 Å². The summed E-state index contributed by atoms with van der Waals surface area (Å²) >= 11 is 0. The lowest BCUT2D eigenvalue weighted by Crippen LogP contribution is -2.63. The number of likely N-dealkylation sites (tertiary alicyclic amines) is 1. The summed E-state index contributed by atoms with van der Waals surface area (Å²) < 4.78 is 30.5. The molecule has 3 fully saturated rings. The Labute approximate surface area is 272 Å². The minimum absolute atomic E-state index is 0. The van der Waals surface area contributed by atoms with Crippen molar-refractivity contribution >= 4 is 45.5 Å². The lowest BCUT2D eigenvalue weighted by molar-refractivity contribution is -0.133. The van der Waals surface area contributed by atoms with Gasteiger partial charge in [0.25, 0.3) is 5.91 Å². The number of nitrogens with one attached hydrogen (secondary N) is 2. The average molecular weight is 661 g/mol. The van der Waals surface area contributed by atoms with E-state index in [1.54, 1.807) is 47.4 Å². The van der Waals surface area contributed by atoms with Crippen LogP contribution in [0.25, 0.3) is 0 Å². The van der Waals surface area contributed by atoms with Crippen molar-refractivity contribution in [2.75, 3.05) is 50.5 Å². The van der Waals surface area contributed by atoms with Crippen molar-refractivity contribution in [3.63, 3.8) is 0 Å². The Kier molecular flexibility index (Phi) is 11.9. The molecule has 0 radical (unpaired) electrons. The number of carbonyl (C=O) groups excluding carboxylic acids is 3. The molecule has 2 aromatic carbocycles. The van der Waals surface area contributed by atoms with E-state index in [2.05, 4.69) is 15.5 Å². The van der Waals surface area contributed by atoms with Crippen molar-refractivity contribution in [2.45, 2.75) is 74.3 Å². The van der Waals surface area contributed by atoms with Gasteiger partial charge in [0.1, 0.15) is 17.9 Å². The van der Waals surface area contributed by atoms with Crippen LogP contribution in [0.4, 0.5) is 5.69 Å². The number of benzene rings is 2. The molecule has 1 unspecified atom stereocenters. The number of hydrogen-bond donors (Lipinski definition) is 2. The molecule has 10 nitrogen and oxygen atoms in total. The average Bonchev–Trinajstić information content (AvgIpc) is 3.03. The number of ether oxygens (including phenoxy) is 1. The molecule has 45 heavy (non-hydrogen) atoms. The van der Waals surface area contributed by atoms with Gasteiger partial charge >= 0.3 is 0 Å². The van der Waals surface area contributed by atoms with Crippen LogP contribution in [0.2, 0.25) is 0 Å². The van der Waals surface area contributed by atoms with Crippen LogP contribution >= 0.6 is 12.4 Å². The van der Waals surface area contributed by atoms with Gasteiger partial charge in [0.2, 0.25) is 5.91 Å². The minimum atomic E-state index is -3.47. The van der Waals surface area contributed by atoms with Gasteiger partial charge in [-0.25, -0.2) is 8.42 Å². The highest BCUT2D eigenvalue weighted by molar-refractivity contribution is 7.90. The first-order valence-corrected chi connectivity index (χ1v) is 17.7. The van der Waals surface area contributed by atoms with Gasteiger partial charge in [-0.3, -0.25) is 19.3 Å². The molecule has 12 heteroatoms. The molecule has 1 atom stereocenters. The van der Waals surface area contributed by atoms with Crippen LogP contribution in [0, 0.1) is 0 Å². The van der Waals surface area contributed by atoms with E-state index < -0.39 is 21.4 Å². The number of amides is 2. The minimum Gasteiger partial charge on any atom is -0.492 e. The van der Waals surface area contributed by atoms with Gasteiger partial charge < -0.3 is 20.3 Å². The third-order valence-corrected chi connectivity index (χ3v) is 10.2. The maximum Gasteiger partial charge on any atom is 0.252 e. The molecule has 0 spiro atoms. The number of halogens is 1. The SMILES string of the molecule is CS(=O)(=O)c1ccccc1N1CCC(NC(=O)C2(NC(=O)c3ccc(OCCN4CCCCC4)cc3)CCCCC2)C(=O)C1.Cl. The number of hydrogen-bond acceptors (Lipinski definition) is 8. The Morgan fingerprint density at radius 3 is 2.27 bits per heavy atom. The molecule has 2 aromatic rings. The first-order valence-electron chi connectivity index (χ1n) is 15.8. The lowest BCUT2D eigenvalue weighted by atomic mass is 9.80. The highest BCUT2D eigenvalue weighted by Crippen LogP contribution is 2.31. The number of nitrogens with zero attached hydrogens (tertiary/aromatic N) is 2. The fourth-order valence-corrected chi connectivity index (χ4v) is 7.44. The summed E-state index contributed by atoms with van der Waals surface area (Å²) in [6.07, 6.45) is 8.83. The molecule has 2 saturated heterocycles. The van der Waals surface area contributed by atoms with Crippen LogP contribution in [0.3, 0.4) is 0 Å². The van der Waals surface area contributed by atoms with E-state index in [9.17, 15) is 22.8 Å². The summed E-state index contributed by atoms with van der Waals surface area (Å²) in [5.74, 6) is -0.166. The monoisotopic (exact) mass is 660 g/mol. The van der Waals surface area contributed by atoms with E-state index in [4.69, 9.17) is 4.74 Å². The van der Waals surface area contributed by atoms with Crippen molar-refractivity contribution in [1.82, 2.24) is 15.5 Å². The van der Waals surface area contributed by atoms with Crippen LogP contribution < -0.4 is 20.3 Å². The third kappa shape index (κ3) is 8.77. The fourth-order valence-electron chi connectivity index (χ4n) is 6.54. The zero-order valence-corrected chi connectivity index (χ0v) is 27.6. The second-order valence-electron chi connectivity index (χ2n) is 12.3. The number of carbonyl (C=O) groups is 3. The fraction of sp³-hybridized carbons (Fsp3) is 0.545. The van der Waals surface area contributed by atoms with E-state index >= 15 is 0 Å². The summed E-state index contributed by atoms with van der Waals surface area (Å²) in [5.41, 5.74) is -0.165. The summed E-state index contributed by atoms with van der Waals surface area (Å²) in [5, 5.41) is 5.97. The molecule has 0 bridgehead atoms. The number of ketones is 1. The zero-order valence-electron chi connectivity index (χ0n) is 26.0. The van der Waals surface area contributed by atoms with Crippen LogP contribution in [0.1, 0.15) is 68.1 Å². The van der Waals surface area contributed by atoms with Gasteiger partial charge in [-0.2, -0.15) is 0 Å². The molecular formula is C33H45ClN4O6S. The van der Waals surface area contributed by atoms with Crippen molar-refractivity contribution in [3.05, 3.63) is 54.1 Å². The molecule has 1 saturated carbocycles. The Bertz CT molecular complexity index is 1440. The topological polar surface area (TPSA) is 125 Å². The largest absolute Gasteiger partial charge is 0.492 e. The molecule has 1 aliphatic carbocycles. The number of Topliss-reactive ketones (excluding diaryl/α,β-unsaturated/α-hetero) is 1. The molecule has 246 valence electrons. The lowest BCUT2D eigenvalue weighted by Gasteiger charge is -2.39. The van der Waals surface area contributed by atoms with Gasteiger partial charge in [-0.15, -0.1) is 12.4 Å². The van der Waals surface area contributed by atoms with Crippen molar-refractivity contribution < 1.29 is 27.5 Å². The van der Waals surface area contributed by atoms with Crippen molar-refractivity contribution in [3.8, 4) is 5.75 Å². The van der Waals surface area contributed by atoms with E-state index in [0.29, 0.717) is 49.4 Å². The molecule has 5 rings (SSSR count). The van der Waals surface area contributed by atoms with Crippen LogP contribution in [-0.2, 0) is 19.4 Å². The summed E-state index contributed by atoms with van der Waals surface area (Å²) in [6.45, 7) is 4.11. The quantitative estimate of drug-likeness (QED) is 0.395. The van der Waals surface area contributed by atoms with Crippen molar-refractivity contribution in [1.29, 1.82) is 0 Å². The number of anilines is 1. The first kappa shape index (κ1) is 34.7. The summed E-state index contributed by atoms with van der Waals surface area (Å²) in [7, 11) is -3.47. The van der Waals surface area contributed by atoms with Gasteiger partial charge in [0.15, 0.2) is 15.6 Å². The van der Waals surface area contributed by atoms with E-state index in [1.807, 2.05) is 0 Å². The second-order valence-corrected chi connectivity index (χ2v) is 14.3.